The third-order valence-electron chi connectivity index (χ3n) is 4.53. The van der Waals surface area contributed by atoms with Crippen LogP contribution in [0, 0.1) is 5.92 Å². The van der Waals surface area contributed by atoms with Crippen molar-refractivity contribution in [2.75, 3.05) is 24.6 Å². The van der Waals surface area contributed by atoms with Gasteiger partial charge in [-0.05, 0) is 18.8 Å². The van der Waals surface area contributed by atoms with E-state index in [0.717, 1.165) is 6.54 Å². The molecule has 1 aliphatic carbocycles. The monoisotopic (exact) mass is 303 g/mol. The van der Waals surface area contributed by atoms with Crippen molar-refractivity contribution < 1.29 is 18.3 Å². The zero-order chi connectivity index (χ0) is 14.6. The average molecular weight is 303 g/mol. The van der Waals surface area contributed by atoms with Gasteiger partial charge in [0.1, 0.15) is 0 Å². The van der Waals surface area contributed by atoms with E-state index in [0.29, 0.717) is 12.5 Å². The predicted octanol–water partition coefficient (Wildman–Crippen LogP) is 1.53. The van der Waals surface area contributed by atoms with E-state index in [1.807, 2.05) is 0 Å². The van der Waals surface area contributed by atoms with E-state index in [1.54, 1.807) is 0 Å². The maximum Gasteiger partial charge on any atom is 0.304 e. The van der Waals surface area contributed by atoms with Crippen LogP contribution in [0.4, 0.5) is 0 Å². The number of carboxylic acids is 1. The van der Waals surface area contributed by atoms with Crippen LogP contribution in [0.5, 0.6) is 0 Å². The Morgan fingerprint density at radius 2 is 1.80 bits per heavy atom. The highest BCUT2D eigenvalue weighted by Crippen LogP contribution is 2.26. The van der Waals surface area contributed by atoms with Gasteiger partial charge in [-0.25, -0.2) is 8.42 Å². The minimum atomic E-state index is -3.06. The zero-order valence-electron chi connectivity index (χ0n) is 12.0. The molecule has 1 saturated heterocycles. The standard InChI is InChI=1S/C14H25NO4S/c16-14(17)9-13-11-20(18,19)8-7-15(13)10-12-5-3-1-2-4-6-12/h12-13H,1-11H2,(H,16,17). The molecule has 2 aliphatic rings. The fourth-order valence-corrected chi connectivity index (χ4v) is 5.02. The number of hydrogen-bond donors (Lipinski definition) is 1. The fourth-order valence-electron chi connectivity index (χ4n) is 3.43. The summed E-state index contributed by atoms with van der Waals surface area (Å²) < 4.78 is 23.4. The summed E-state index contributed by atoms with van der Waals surface area (Å²) in [5.74, 6) is -0.116. The van der Waals surface area contributed by atoms with Crippen LogP contribution < -0.4 is 0 Å². The molecule has 2 rings (SSSR count). The molecule has 1 atom stereocenters. The van der Waals surface area contributed by atoms with Gasteiger partial charge in [0.25, 0.3) is 0 Å². The van der Waals surface area contributed by atoms with Gasteiger partial charge in [-0.3, -0.25) is 9.69 Å². The minimum Gasteiger partial charge on any atom is -0.481 e. The molecule has 116 valence electrons. The SMILES string of the molecule is O=C(O)CC1CS(=O)(=O)CCN1CC1CCCCCC1. The van der Waals surface area contributed by atoms with E-state index in [2.05, 4.69) is 4.90 Å². The molecule has 1 aliphatic heterocycles. The molecule has 1 unspecified atom stereocenters. The highest BCUT2D eigenvalue weighted by atomic mass is 32.2. The van der Waals surface area contributed by atoms with Crippen molar-refractivity contribution in [1.29, 1.82) is 0 Å². The van der Waals surface area contributed by atoms with E-state index in [1.165, 1.54) is 38.5 Å². The van der Waals surface area contributed by atoms with E-state index in [-0.39, 0.29) is 24.0 Å². The van der Waals surface area contributed by atoms with Gasteiger partial charge >= 0.3 is 5.97 Å². The first-order chi connectivity index (χ1) is 9.46. The summed E-state index contributed by atoms with van der Waals surface area (Å²) >= 11 is 0. The molecular weight excluding hydrogens is 278 g/mol. The van der Waals surface area contributed by atoms with Crippen molar-refractivity contribution >= 4 is 15.8 Å². The quantitative estimate of drug-likeness (QED) is 0.797. The molecule has 1 N–H and O–H groups in total. The van der Waals surface area contributed by atoms with E-state index in [9.17, 15) is 13.2 Å². The van der Waals surface area contributed by atoms with E-state index >= 15 is 0 Å². The lowest BCUT2D eigenvalue weighted by Gasteiger charge is -2.36. The normalized spacial score (nSPS) is 28.9. The lowest BCUT2D eigenvalue weighted by atomic mass is 9.98. The Hall–Kier alpha value is -0.620. The van der Waals surface area contributed by atoms with Crippen LogP contribution in [0.1, 0.15) is 44.9 Å². The lowest BCUT2D eigenvalue weighted by molar-refractivity contribution is -0.138. The van der Waals surface area contributed by atoms with Gasteiger partial charge in [-0.2, -0.15) is 0 Å². The van der Waals surface area contributed by atoms with Crippen LogP contribution in [0.15, 0.2) is 0 Å². The molecule has 20 heavy (non-hydrogen) atoms. The van der Waals surface area contributed by atoms with Crippen molar-refractivity contribution in [2.24, 2.45) is 5.92 Å². The molecule has 0 spiro atoms. The number of hydrogen-bond acceptors (Lipinski definition) is 4. The lowest BCUT2D eigenvalue weighted by Crippen LogP contribution is -2.50. The molecule has 0 aromatic rings. The van der Waals surface area contributed by atoms with Crippen molar-refractivity contribution in [3.8, 4) is 0 Å². The number of aliphatic carboxylic acids is 1. The smallest absolute Gasteiger partial charge is 0.304 e. The summed E-state index contributed by atoms with van der Waals surface area (Å²) in [6, 6.07) is -0.338. The summed E-state index contributed by atoms with van der Waals surface area (Å²) in [5.41, 5.74) is 0. The number of carboxylic acid groups (broad SMARTS) is 1. The number of nitrogens with zero attached hydrogens (tertiary/aromatic N) is 1. The Morgan fingerprint density at radius 3 is 2.40 bits per heavy atom. The Balaban J connectivity index is 1.97. The summed E-state index contributed by atoms with van der Waals surface area (Å²) in [4.78, 5) is 13.1. The van der Waals surface area contributed by atoms with Crippen molar-refractivity contribution in [3.63, 3.8) is 0 Å². The molecule has 0 radical (unpaired) electrons. The Morgan fingerprint density at radius 1 is 1.15 bits per heavy atom. The van der Waals surface area contributed by atoms with E-state index in [4.69, 9.17) is 5.11 Å². The summed E-state index contributed by atoms with van der Waals surface area (Å²) in [6.45, 7) is 1.37. The average Bonchev–Trinajstić information content (AvgIpc) is 2.60. The molecule has 1 saturated carbocycles. The minimum absolute atomic E-state index is 0.00597. The van der Waals surface area contributed by atoms with Crippen LogP contribution >= 0.6 is 0 Å². The van der Waals surface area contributed by atoms with Gasteiger partial charge in [0, 0.05) is 19.1 Å². The Kier molecular flexibility index (Phi) is 5.43. The number of rotatable bonds is 4. The van der Waals surface area contributed by atoms with Crippen LogP contribution in [-0.4, -0.2) is 55.0 Å². The van der Waals surface area contributed by atoms with Crippen LogP contribution in [0.2, 0.25) is 0 Å². The highest BCUT2D eigenvalue weighted by molar-refractivity contribution is 7.91. The fraction of sp³-hybridized carbons (Fsp3) is 0.929. The van der Waals surface area contributed by atoms with Gasteiger partial charge in [0.2, 0.25) is 0 Å². The summed E-state index contributed by atoms with van der Waals surface area (Å²) in [5, 5.41) is 8.98. The highest BCUT2D eigenvalue weighted by Gasteiger charge is 2.33. The second kappa shape index (κ2) is 6.89. The van der Waals surface area contributed by atoms with Gasteiger partial charge in [0.15, 0.2) is 9.84 Å². The number of sulfone groups is 1. The third-order valence-corrected chi connectivity index (χ3v) is 6.23. The van der Waals surface area contributed by atoms with Crippen LogP contribution in [0.25, 0.3) is 0 Å². The maximum atomic E-state index is 11.7. The van der Waals surface area contributed by atoms with Crippen LogP contribution in [0.3, 0.4) is 0 Å². The van der Waals surface area contributed by atoms with Gasteiger partial charge in [0.05, 0.1) is 17.9 Å². The molecule has 0 amide bonds. The van der Waals surface area contributed by atoms with Crippen molar-refractivity contribution in [3.05, 3.63) is 0 Å². The first-order valence-corrected chi connectivity index (χ1v) is 9.45. The summed E-state index contributed by atoms with van der Waals surface area (Å²) in [6.07, 6.45) is 7.42. The predicted molar refractivity (Wildman–Crippen MR) is 77.5 cm³/mol. The second-order valence-electron chi connectivity index (χ2n) is 6.22. The molecule has 2 fully saturated rings. The topological polar surface area (TPSA) is 74.7 Å². The molecule has 0 aromatic carbocycles. The zero-order valence-corrected chi connectivity index (χ0v) is 12.8. The van der Waals surface area contributed by atoms with Crippen molar-refractivity contribution in [1.82, 2.24) is 4.90 Å². The molecule has 5 nitrogen and oxygen atoms in total. The largest absolute Gasteiger partial charge is 0.481 e. The third kappa shape index (κ3) is 4.74. The molecule has 0 bridgehead atoms. The number of carbonyl (C=O) groups is 1. The van der Waals surface area contributed by atoms with Gasteiger partial charge < -0.3 is 5.11 Å². The Bertz CT molecular complexity index is 426. The molecule has 1 heterocycles. The Labute approximate surface area is 121 Å². The molecule has 6 heteroatoms. The van der Waals surface area contributed by atoms with Gasteiger partial charge in [-0.15, -0.1) is 0 Å². The first-order valence-electron chi connectivity index (χ1n) is 7.62. The van der Waals surface area contributed by atoms with Crippen molar-refractivity contribution in [2.45, 2.75) is 51.0 Å². The van der Waals surface area contributed by atoms with E-state index < -0.39 is 15.8 Å². The molecule has 0 aromatic heterocycles. The second-order valence-corrected chi connectivity index (χ2v) is 8.45. The molecular formula is C14H25NO4S. The summed E-state index contributed by atoms with van der Waals surface area (Å²) in [7, 11) is -3.06. The van der Waals surface area contributed by atoms with Crippen LogP contribution in [-0.2, 0) is 14.6 Å². The van der Waals surface area contributed by atoms with Gasteiger partial charge in [-0.1, -0.05) is 25.7 Å². The maximum absolute atomic E-state index is 11.7. The first kappa shape index (κ1) is 15.8.